The van der Waals surface area contributed by atoms with E-state index in [0.29, 0.717) is 58.0 Å². The third kappa shape index (κ3) is 3.61. The number of carbonyl (C=O) groups excluding carboxylic acids is 1. The summed E-state index contributed by atoms with van der Waals surface area (Å²) in [6.45, 7) is 5.09. The Morgan fingerprint density at radius 2 is 1.62 bits per heavy atom. The summed E-state index contributed by atoms with van der Waals surface area (Å²) in [6.07, 6.45) is 0. The number of morpholine rings is 1. The molecule has 24 heavy (non-hydrogen) atoms. The highest BCUT2D eigenvalue weighted by Crippen LogP contribution is 2.16. The van der Waals surface area contributed by atoms with Crippen molar-refractivity contribution in [1.82, 2.24) is 13.5 Å². The van der Waals surface area contributed by atoms with Crippen molar-refractivity contribution in [3.63, 3.8) is 0 Å². The minimum atomic E-state index is -3.46. The van der Waals surface area contributed by atoms with Gasteiger partial charge in [0.05, 0.1) is 13.2 Å². The average Bonchev–Trinajstić information content (AvgIpc) is 2.62. The molecule has 2 aliphatic heterocycles. The summed E-state index contributed by atoms with van der Waals surface area (Å²) in [5.74, 6) is -0.0397. The van der Waals surface area contributed by atoms with E-state index >= 15 is 0 Å². The lowest BCUT2D eigenvalue weighted by atomic mass is 10.1. The summed E-state index contributed by atoms with van der Waals surface area (Å²) >= 11 is 0. The summed E-state index contributed by atoms with van der Waals surface area (Å²) in [4.78, 5) is 14.3. The molecule has 0 N–H and O–H groups in total. The number of hydrogen-bond acceptors (Lipinski definition) is 4. The lowest BCUT2D eigenvalue weighted by Gasteiger charge is -2.37. The Labute approximate surface area is 143 Å². The number of carbonyl (C=O) groups is 1. The SMILES string of the molecule is Cc1cccc(C(=O)N2CCN(S(=O)(=O)N3CCOCC3)CC2)c1. The van der Waals surface area contributed by atoms with Crippen LogP contribution in [0.15, 0.2) is 24.3 Å². The van der Waals surface area contributed by atoms with E-state index in [0.717, 1.165) is 5.56 Å². The van der Waals surface area contributed by atoms with Crippen LogP contribution in [0.5, 0.6) is 0 Å². The highest BCUT2D eigenvalue weighted by atomic mass is 32.2. The van der Waals surface area contributed by atoms with E-state index < -0.39 is 10.2 Å². The molecule has 2 fully saturated rings. The van der Waals surface area contributed by atoms with Gasteiger partial charge in [-0.05, 0) is 19.1 Å². The maximum atomic E-state index is 12.6. The van der Waals surface area contributed by atoms with Crippen LogP contribution in [0.1, 0.15) is 15.9 Å². The molecule has 2 aliphatic rings. The highest BCUT2D eigenvalue weighted by molar-refractivity contribution is 7.86. The predicted molar refractivity (Wildman–Crippen MR) is 90.0 cm³/mol. The first-order valence-corrected chi connectivity index (χ1v) is 9.57. The average molecular weight is 353 g/mol. The summed E-state index contributed by atoms with van der Waals surface area (Å²) in [7, 11) is -3.46. The van der Waals surface area contributed by atoms with Gasteiger partial charge in [0.2, 0.25) is 0 Å². The second kappa shape index (κ2) is 7.18. The highest BCUT2D eigenvalue weighted by Gasteiger charge is 2.34. The van der Waals surface area contributed by atoms with Gasteiger partial charge < -0.3 is 9.64 Å². The number of nitrogens with zero attached hydrogens (tertiary/aromatic N) is 3. The Morgan fingerprint density at radius 1 is 1.00 bits per heavy atom. The standard InChI is InChI=1S/C16H23N3O4S/c1-14-3-2-4-15(13-14)16(20)17-5-7-18(8-6-17)24(21,22)19-9-11-23-12-10-19/h2-4,13H,5-12H2,1H3. The molecular weight excluding hydrogens is 330 g/mol. The molecule has 1 amide bonds. The van der Waals surface area contributed by atoms with E-state index in [9.17, 15) is 13.2 Å². The molecule has 7 nitrogen and oxygen atoms in total. The quantitative estimate of drug-likeness (QED) is 0.785. The maximum Gasteiger partial charge on any atom is 0.282 e. The van der Waals surface area contributed by atoms with Gasteiger partial charge in [0, 0.05) is 44.8 Å². The molecule has 1 aromatic carbocycles. The number of ether oxygens (including phenoxy) is 1. The fourth-order valence-corrected chi connectivity index (χ4v) is 4.59. The molecule has 0 aliphatic carbocycles. The molecular formula is C16H23N3O4S. The number of hydrogen-bond donors (Lipinski definition) is 0. The normalized spacial score (nSPS) is 21.0. The van der Waals surface area contributed by atoms with E-state index in [4.69, 9.17) is 4.74 Å². The first kappa shape index (κ1) is 17.3. The van der Waals surface area contributed by atoms with Crippen LogP contribution in [0.3, 0.4) is 0 Å². The van der Waals surface area contributed by atoms with Crippen molar-refractivity contribution in [2.75, 3.05) is 52.5 Å². The maximum absolute atomic E-state index is 12.6. The molecule has 2 heterocycles. The minimum Gasteiger partial charge on any atom is -0.379 e. The van der Waals surface area contributed by atoms with Crippen molar-refractivity contribution in [2.24, 2.45) is 0 Å². The molecule has 0 bridgehead atoms. The fraction of sp³-hybridized carbons (Fsp3) is 0.562. The lowest BCUT2D eigenvalue weighted by molar-refractivity contribution is 0.0636. The van der Waals surface area contributed by atoms with Crippen LogP contribution in [0.4, 0.5) is 0 Å². The number of benzene rings is 1. The zero-order valence-corrected chi connectivity index (χ0v) is 14.7. The van der Waals surface area contributed by atoms with Crippen molar-refractivity contribution < 1.29 is 17.9 Å². The lowest BCUT2D eigenvalue weighted by Crippen LogP contribution is -2.55. The van der Waals surface area contributed by atoms with E-state index in [1.54, 1.807) is 11.0 Å². The summed E-state index contributed by atoms with van der Waals surface area (Å²) in [5, 5.41) is 0. The molecule has 0 saturated carbocycles. The largest absolute Gasteiger partial charge is 0.379 e. The molecule has 0 spiro atoms. The van der Waals surface area contributed by atoms with Gasteiger partial charge in [-0.25, -0.2) is 0 Å². The summed E-state index contributed by atoms with van der Waals surface area (Å²) in [6, 6.07) is 7.47. The number of rotatable bonds is 3. The topological polar surface area (TPSA) is 70.2 Å². The smallest absolute Gasteiger partial charge is 0.282 e. The van der Waals surface area contributed by atoms with Gasteiger partial charge >= 0.3 is 0 Å². The van der Waals surface area contributed by atoms with Crippen molar-refractivity contribution in [1.29, 1.82) is 0 Å². The Balaban J connectivity index is 1.62. The van der Waals surface area contributed by atoms with Crippen LogP contribution in [0.2, 0.25) is 0 Å². The Morgan fingerprint density at radius 3 is 2.25 bits per heavy atom. The molecule has 0 aromatic heterocycles. The van der Waals surface area contributed by atoms with E-state index in [-0.39, 0.29) is 5.91 Å². The van der Waals surface area contributed by atoms with Crippen LogP contribution in [-0.2, 0) is 14.9 Å². The van der Waals surface area contributed by atoms with Crippen LogP contribution in [-0.4, -0.2) is 80.3 Å². The van der Waals surface area contributed by atoms with E-state index in [2.05, 4.69) is 0 Å². The number of aryl methyl sites for hydroxylation is 1. The van der Waals surface area contributed by atoms with Crippen molar-refractivity contribution in [3.8, 4) is 0 Å². The molecule has 3 rings (SSSR count). The van der Waals surface area contributed by atoms with Crippen molar-refractivity contribution in [3.05, 3.63) is 35.4 Å². The number of piperazine rings is 1. The molecule has 1 aromatic rings. The summed E-state index contributed by atoms with van der Waals surface area (Å²) < 4.78 is 33.4. The van der Waals surface area contributed by atoms with Crippen LogP contribution in [0.25, 0.3) is 0 Å². The zero-order chi connectivity index (χ0) is 17.2. The monoisotopic (exact) mass is 353 g/mol. The molecule has 0 atom stereocenters. The van der Waals surface area contributed by atoms with Gasteiger partial charge in [-0.2, -0.15) is 17.0 Å². The van der Waals surface area contributed by atoms with Gasteiger partial charge in [0.15, 0.2) is 0 Å². The van der Waals surface area contributed by atoms with E-state index in [1.165, 1.54) is 8.61 Å². The van der Waals surface area contributed by atoms with Crippen LogP contribution < -0.4 is 0 Å². The van der Waals surface area contributed by atoms with Gasteiger partial charge in [-0.1, -0.05) is 17.7 Å². The van der Waals surface area contributed by atoms with Gasteiger partial charge in [-0.15, -0.1) is 0 Å². The second-order valence-corrected chi connectivity index (χ2v) is 8.01. The first-order chi connectivity index (χ1) is 11.5. The Hall–Kier alpha value is -1.48. The summed E-state index contributed by atoms with van der Waals surface area (Å²) in [5.41, 5.74) is 1.69. The first-order valence-electron chi connectivity index (χ1n) is 8.17. The Bertz CT molecular complexity index is 693. The molecule has 2 saturated heterocycles. The third-order valence-electron chi connectivity index (χ3n) is 4.41. The van der Waals surface area contributed by atoms with Gasteiger partial charge in [-0.3, -0.25) is 4.79 Å². The zero-order valence-electron chi connectivity index (χ0n) is 13.8. The van der Waals surface area contributed by atoms with Crippen LogP contribution in [0, 0.1) is 6.92 Å². The Kier molecular flexibility index (Phi) is 5.19. The fourth-order valence-electron chi connectivity index (χ4n) is 3.02. The molecule has 0 unspecified atom stereocenters. The van der Waals surface area contributed by atoms with Crippen molar-refractivity contribution in [2.45, 2.75) is 6.92 Å². The second-order valence-electron chi connectivity index (χ2n) is 6.08. The van der Waals surface area contributed by atoms with Gasteiger partial charge in [0.25, 0.3) is 16.1 Å². The predicted octanol–water partition coefficient (Wildman–Crippen LogP) is 0.330. The van der Waals surface area contributed by atoms with E-state index in [1.807, 2.05) is 25.1 Å². The third-order valence-corrected chi connectivity index (χ3v) is 6.45. The molecule has 0 radical (unpaired) electrons. The molecule has 8 heteroatoms. The van der Waals surface area contributed by atoms with Crippen LogP contribution >= 0.6 is 0 Å². The minimum absolute atomic E-state index is 0.0397. The van der Waals surface area contributed by atoms with Gasteiger partial charge in [0.1, 0.15) is 0 Å². The molecule has 132 valence electrons. The van der Waals surface area contributed by atoms with Crippen molar-refractivity contribution >= 4 is 16.1 Å². The number of amides is 1.